The number of hydrogen-bond donors (Lipinski definition) is 2. The molecule has 12 heteroatoms. The van der Waals surface area contributed by atoms with Crippen LogP contribution in [0.3, 0.4) is 0 Å². The van der Waals surface area contributed by atoms with Crippen molar-refractivity contribution in [2.75, 3.05) is 0 Å². The van der Waals surface area contributed by atoms with Crippen LogP contribution in [0.25, 0.3) is 90.9 Å². The van der Waals surface area contributed by atoms with Crippen LogP contribution in [-0.2, 0) is 0 Å². The van der Waals surface area contributed by atoms with Crippen LogP contribution in [-0.4, -0.2) is 80.7 Å². The quantitative estimate of drug-likeness (QED) is 0.120. The predicted octanol–water partition coefficient (Wildman–Crippen LogP) is 16.7. The lowest BCUT2D eigenvalue weighted by Gasteiger charge is -2.35. The summed E-state index contributed by atoms with van der Waals surface area (Å²) in [5.74, 6) is 0. The molecule has 0 unspecified atom stereocenters. The normalized spacial score (nSPS) is 13.9. The third-order valence-electron chi connectivity index (χ3n) is 19.8. The minimum Gasteiger partial charge on any atom is -0.354 e. The molecular formula is C64H86N4Si8. The Morgan fingerprint density at radius 2 is 0.434 bits per heavy atom. The highest BCUT2D eigenvalue weighted by molar-refractivity contribution is 7.46. The molecule has 5 heterocycles. The van der Waals surface area contributed by atoms with Crippen molar-refractivity contribution in [3.63, 3.8) is 0 Å². The van der Waals surface area contributed by atoms with Gasteiger partial charge in [0.25, 0.3) is 0 Å². The second-order valence-electron chi connectivity index (χ2n) is 28.3. The Hall–Kier alpha value is -4.78. The van der Waals surface area contributed by atoms with E-state index in [9.17, 15) is 0 Å². The van der Waals surface area contributed by atoms with Gasteiger partial charge in [0, 0.05) is 74.7 Å². The second kappa shape index (κ2) is 19.5. The van der Waals surface area contributed by atoms with Gasteiger partial charge in [-0.05, 0) is 70.8 Å². The van der Waals surface area contributed by atoms with Crippen LogP contribution in [0.15, 0.2) is 121 Å². The summed E-state index contributed by atoms with van der Waals surface area (Å²) in [6.07, 6.45) is 8.96. The van der Waals surface area contributed by atoms with Crippen molar-refractivity contribution in [2.24, 2.45) is 0 Å². The van der Waals surface area contributed by atoms with E-state index < -0.39 is 60.7 Å². The molecule has 2 aliphatic heterocycles. The molecule has 76 heavy (non-hydrogen) atoms. The average molecular weight is 1140 g/mol. The summed E-state index contributed by atoms with van der Waals surface area (Å²) in [6, 6.07) is 47.6. The minimum atomic E-state index is -1.66. The van der Waals surface area contributed by atoms with E-state index >= 15 is 0 Å². The Morgan fingerprint density at radius 1 is 0.237 bits per heavy atom. The lowest BCUT2D eigenvalue weighted by molar-refractivity contribution is 1.28. The summed E-state index contributed by atoms with van der Waals surface area (Å²) in [6.45, 7) is 51.0. The number of hydrogen-bond acceptors (Lipinski definition) is 2. The van der Waals surface area contributed by atoms with Crippen molar-refractivity contribution in [2.45, 2.75) is 131 Å². The molecule has 0 spiro atoms. The third kappa shape index (κ3) is 10.0. The Bertz CT molecular complexity index is 3420. The maximum Gasteiger partial charge on any atom is 0.0738 e. The van der Waals surface area contributed by atoms with Gasteiger partial charge in [-0.1, -0.05) is 249 Å². The van der Waals surface area contributed by atoms with E-state index in [-0.39, 0.29) is 0 Å². The fourth-order valence-corrected chi connectivity index (χ4v) is 30.2. The van der Waals surface area contributed by atoms with Gasteiger partial charge < -0.3 is 9.97 Å². The van der Waals surface area contributed by atoms with Gasteiger partial charge in [0.1, 0.15) is 0 Å². The lowest BCUT2D eigenvalue weighted by atomic mass is 10.0. The molecule has 7 aromatic rings. The molecule has 2 N–H and O–H groups in total. The van der Waals surface area contributed by atoms with Crippen LogP contribution in [0.5, 0.6) is 0 Å². The van der Waals surface area contributed by atoms with Crippen molar-refractivity contribution < 1.29 is 0 Å². The van der Waals surface area contributed by atoms with Crippen molar-refractivity contribution in [3.8, 4) is 44.5 Å². The summed E-state index contributed by atoms with van der Waals surface area (Å²) in [5, 5.41) is 6.10. The molecule has 0 saturated heterocycles. The van der Waals surface area contributed by atoms with Crippen molar-refractivity contribution in [1.29, 1.82) is 0 Å². The molecule has 0 atom stereocenters. The van der Waals surface area contributed by atoms with Gasteiger partial charge in [0.2, 0.25) is 0 Å². The van der Waals surface area contributed by atoms with Gasteiger partial charge in [-0.2, -0.15) is 0 Å². The molecule has 4 nitrogen and oxygen atoms in total. The summed E-state index contributed by atoms with van der Waals surface area (Å²) in [5.41, 5.74) is 17.0. The van der Waals surface area contributed by atoms with E-state index in [1.54, 1.807) is 0 Å². The van der Waals surface area contributed by atoms with Crippen LogP contribution >= 0.6 is 0 Å². The zero-order valence-electron chi connectivity index (χ0n) is 49.8. The fourth-order valence-electron chi connectivity index (χ4n) is 10.4. The Kier molecular flexibility index (Phi) is 14.4. The third-order valence-corrected chi connectivity index (χ3v) is 90.4. The van der Waals surface area contributed by atoms with E-state index in [2.05, 4.69) is 287 Å². The first-order valence-electron chi connectivity index (χ1n) is 27.8. The van der Waals surface area contributed by atoms with Crippen LogP contribution in [0.2, 0.25) is 131 Å². The van der Waals surface area contributed by atoms with Crippen LogP contribution in [0.4, 0.5) is 0 Å². The number of fused-ring (bicyclic) bond motifs is 8. The molecule has 0 saturated carbocycles. The molecule has 0 aliphatic carbocycles. The maximum atomic E-state index is 5.71. The molecule has 4 aromatic carbocycles. The number of nitrogens with zero attached hydrogens (tertiary/aromatic N) is 2. The van der Waals surface area contributed by atoms with Gasteiger partial charge in [0.15, 0.2) is 0 Å². The van der Waals surface area contributed by atoms with E-state index in [4.69, 9.17) is 9.97 Å². The van der Waals surface area contributed by atoms with Gasteiger partial charge in [-0.15, -0.1) is 0 Å². The second-order valence-corrected chi connectivity index (χ2v) is 94.6. The molecule has 394 valence electrons. The number of benzene rings is 4. The number of H-pyrrole nitrogens is 2. The number of rotatable bonds is 12. The fraction of sp³-hybridized carbons (Fsp3) is 0.312. The molecular weight excluding hydrogens is 1050 g/mol. The van der Waals surface area contributed by atoms with Crippen LogP contribution < -0.4 is 20.7 Å². The van der Waals surface area contributed by atoms with Crippen LogP contribution in [0.1, 0.15) is 22.8 Å². The molecule has 0 fully saturated rings. The first kappa shape index (κ1) is 56.0. The topological polar surface area (TPSA) is 57.4 Å². The molecule has 3 aromatic heterocycles. The summed E-state index contributed by atoms with van der Waals surface area (Å²) in [4.78, 5) is 19.5. The molecule has 9 rings (SSSR count). The zero-order valence-corrected chi connectivity index (χ0v) is 57.8. The van der Waals surface area contributed by atoms with E-state index in [0.717, 1.165) is 83.8 Å². The van der Waals surface area contributed by atoms with Gasteiger partial charge in [-0.3, -0.25) is 0 Å². The SMILES string of the molecule is C[Si](C)(C)[Si](C)(C)c1ccc(-c2c3nc(c(-c4ccc([Si](C)(C)[Si](C)(C)C)cc4)c4ccc([nH]4)c(-c4ccc([Si](C)(C)[Si](C)(C)C)cc4)c4ccc([nH]4)c(-c4ccc([Si](C)(C)[Si](C)(C)C)cc4)c4nc2C=C4)C=C3)cc1. The Balaban J connectivity index is 1.40. The Morgan fingerprint density at radius 3 is 0.671 bits per heavy atom. The highest BCUT2D eigenvalue weighted by atomic mass is 29.3. The molecule has 8 bridgehead atoms. The minimum absolute atomic E-state index is 0.929. The first-order valence-corrected chi connectivity index (χ1v) is 57.8. The van der Waals surface area contributed by atoms with Gasteiger partial charge in [0.05, 0.1) is 53.1 Å². The molecule has 2 aliphatic rings. The lowest BCUT2D eigenvalue weighted by Crippen LogP contribution is -2.61. The number of nitrogens with one attached hydrogen (secondary N) is 2. The van der Waals surface area contributed by atoms with Gasteiger partial charge in [-0.25, -0.2) is 9.97 Å². The van der Waals surface area contributed by atoms with Crippen molar-refractivity contribution in [1.82, 2.24) is 19.9 Å². The summed E-state index contributed by atoms with van der Waals surface area (Å²) >= 11 is 0. The average Bonchev–Trinajstić information content (AvgIpc) is 4.22. The highest BCUT2D eigenvalue weighted by Crippen LogP contribution is 2.39. The van der Waals surface area contributed by atoms with Gasteiger partial charge >= 0.3 is 0 Å². The first-order chi connectivity index (χ1) is 35.2. The monoisotopic (exact) mass is 1130 g/mol. The summed E-state index contributed by atoms with van der Waals surface area (Å²) in [7, 11) is -12.3. The van der Waals surface area contributed by atoms with Crippen molar-refractivity contribution in [3.05, 3.63) is 144 Å². The van der Waals surface area contributed by atoms with E-state index in [1.165, 1.54) is 26.3 Å². The summed E-state index contributed by atoms with van der Waals surface area (Å²) < 4.78 is 0. The van der Waals surface area contributed by atoms with E-state index in [1.807, 2.05) is 0 Å². The number of aromatic amines is 2. The predicted molar refractivity (Wildman–Crippen MR) is 362 cm³/mol. The van der Waals surface area contributed by atoms with Crippen LogP contribution in [0, 0.1) is 0 Å². The molecule has 0 amide bonds. The maximum absolute atomic E-state index is 5.71. The number of aromatic nitrogens is 4. The smallest absolute Gasteiger partial charge is 0.0738 e. The van der Waals surface area contributed by atoms with Crippen molar-refractivity contribution >= 4 is 128 Å². The Labute approximate surface area is 464 Å². The zero-order chi connectivity index (χ0) is 55.3. The standard InChI is InChI=1S/C64H86N4Si8/c1-69(2,3)73(13,14)49-29-21-45(22-30-49)61-53-37-39-55(65-53)62(46-23-31-50(32-24-46)74(15,16)70(4,5)6)57-41-43-59(67-57)64(48-27-35-52(36-28-48)76(19,20)72(10,11)12)60-44-42-58(68-60)63(56-40-38-54(61)66-56)47-25-33-51(34-26-47)75(17,18)71(7,8)9/h21-44,65-66H,1-20H3. The highest BCUT2D eigenvalue weighted by Gasteiger charge is 2.41. The van der Waals surface area contributed by atoms with E-state index in [0.29, 0.717) is 0 Å². The molecule has 0 radical (unpaired) electrons. The largest absolute Gasteiger partial charge is 0.354 e.